The van der Waals surface area contributed by atoms with Crippen molar-refractivity contribution in [3.05, 3.63) is 18.5 Å². The third kappa shape index (κ3) is 4.39. The quantitative estimate of drug-likeness (QED) is 0.642. The molecule has 1 aromatic rings. The van der Waals surface area contributed by atoms with Gasteiger partial charge in [0.25, 0.3) is 0 Å². The molecule has 0 amide bonds. The SMILES string of the molecule is CNCCCN(C)CCn1cccn1. The summed E-state index contributed by atoms with van der Waals surface area (Å²) in [6.07, 6.45) is 5.02. The highest BCUT2D eigenvalue weighted by Crippen LogP contribution is 1.90. The summed E-state index contributed by atoms with van der Waals surface area (Å²) in [4.78, 5) is 2.33. The molecule has 0 unspecified atom stereocenters. The Balaban J connectivity index is 2.06. The Morgan fingerprint density at radius 3 is 2.93 bits per heavy atom. The number of nitrogens with zero attached hydrogens (tertiary/aromatic N) is 3. The third-order valence-electron chi connectivity index (χ3n) is 2.24. The second kappa shape index (κ2) is 6.56. The van der Waals surface area contributed by atoms with Crippen LogP contribution in [0.2, 0.25) is 0 Å². The van der Waals surface area contributed by atoms with Crippen LogP contribution in [0.4, 0.5) is 0 Å². The lowest BCUT2D eigenvalue weighted by molar-refractivity contribution is 0.308. The number of nitrogens with one attached hydrogen (secondary N) is 1. The van der Waals surface area contributed by atoms with E-state index >= 15 is 0 Å². The van der Waals surface area contributed by atoms with E-state index in [1.807, 2.05) is 30.2 Å². The molecule has 1 N–H and O–H groups in total. The fourth-order valence-corrected chi connectivity index (χ4v) is 1.34. The van der Waals surface area contributed by atoms with Crippen molar-refractivity contribution >= 4 is 0 Å². The molecular weight excluding hydrogens is 176 g/mol. The summed E-state index contributed by atoms with van der Waals surface area (Å²) in [6, 6.07) is 1.96. The summed E-state index contributed by atoms with van der Waals surface area (Å²) in [7, 11) is 4.14. The lowest BCUT2D eigenvalue weighted by Gasteiger charge is -2.16. The average Bonchev–Trinajstić information content (AvgIpc) is 2.68. The lowest BCUT2D eigenvalue weighted by atomic mass is 10.4. The largest absolute Gasteiger partial charge is 0.320 e. The van der Waals surface area contributed by atoms with Crippen LogP contribution in [-0.2, 0) is 6.54 Å². The topological polar surface area (TPSA) is 33.1 Å². The van der Waals surface area contributed by atoms with Gasteiger partial charge in [0.15, 0.2) is 0 Å². The minimum atomic E-state index is 0.975. The van der Waals surface area contributed by atoms with E-state index in [9.17, 15) is 0 Å². The highest BCUT2D eigenvalue weighted by Gasteiger charge is 1.97. The van der Waals surface area contributed by atoms with Gasteiger partial charge in [-0.15, -0.1) is 0 Å². The van der Waals surface area contributed by atoms with Crippen molar-refractivity contribution in [1.29, 1.82) is 0 Å². The summed E-state index contributed by atoms with van der Waals surface area (Å²) in [5.74, 6) is 0. The number of rotatable bonds is 7. The molecule has 4 heteroatoms. The maximum absolute atomic E-state index is 4.16. The van der Waals surface area contributed by atoms with E-state index in [-0.39, 0.29) is 0 Å². The van der Waals surface area contributed by atoms with Crippen LogP contribution in [0.3, 0.4) is 0 Å². The smallest absolute Gasteiger partial charge is 0.0536 e. The molecule has 0 spiro atoms. The molecule has 80 valence electrons. The second-order valence-corrected chi connectivity index (χ2v) is 3.53. The number of likely N-dealkylation sites (N-methyl/N-ethyl adjacent to an activating group) is 1. The molecule has 14 heavy (non-hydrogen) atoms. The molecule has 0 atom stereocenters. The highest BCUT2D eigenvalue weighted by atomic mass is 15.3. The van der Waals surface area contributed by atoms with Crippen LogP contribution >= 0.6 is 0 Å². The molecule has 0 saturated heterocycles. The van der Waals surface area contributed by atoms with Gasteiger partial charge < -0.3 is 10.2 Å². The van der Waals surface area contributed by atoms with E-state index in [4.69, 9.17) is 0 Å². The zero-order valence-electron chi connectivity index (χ0n) is 9.11. The first-order valence-corrected chi connectivity index (χ1v) is 5.13. The summed E-state index contributed by atoms with van der Waals surface area (Å²) >= 11 is 0. The normalized spacial score (nSPS) is 11.1. The number of hydrogen-bond donors (Lipinski definition) is 1. The van der Waals surface area contributed by atoms with Crippen molar-refractivity contribution in [3.8, 4) is 0 Å². The van der Waals surface area contributed by atoms with Gasteiger partial charge in [-0.25, -0.2) is 0 Å². The van der Waals surface area contributed by atoms with Gasteiger partial charge in [0.2, 0.25) is 0 Å². The van der Waals surface area contributed by atoms with Gasteiger partial charge in [0.1, 0.15) is 0 Å². The molecule has 0 fully saturated rings. The molecule has 0 aliphatic carbocycles. The van der Waals surface area contributed by atoms with Crippen molar-refractivity contribution in [1.82, 2.24) is 20.0 Å². The Bertz CT molecular complexity index is 220. The Labute approximate surface area is 85.9 Å². The van der Waals surface area contributed by atoms with Gasteiger partial charge in [-0.1, -0.05) is 0 Å². The van der Waals surface area contributed by atoms with E-state index in [1.165, 1.54) is 6.42 Å². The lowest BCUT2D eigenvalue weighted by Crippen LogP contribution is -2.26. The fourth-order valence-electron chi connectivity index (χ4n) is 1.34. The highest BCUT2D eigenvalue weighted by molar-refractivity contribution is 4.77. The molecule has 1 heterocycles. The Hall–Kier alpha value is -0.870. The van der Waals surface area contributed by atoms with Crippen LogP contribution in [0.15, 0.2) is 18.5 Å². The van der Waals surface area contributed by atoms with Crippen LogP contribution in [0.1, 0.15) is 6.42 Å². The standard InChI is InChI=1S/C10H20N4/c1-11-5-3-7-13(2)9-10-14-8-4-6-12-14/h4,6,8,11H,3,5,7,9-10H2,1-2H3. The van der Waals surface area contributed by atoms with Crippen LogP contribution in [-0.4, -0.2) is 48.4 Å². The maximum atomic E-state index is 4.16. The molecule has 0 aliphatic rings. The molecule has 0 bridgehead atoms. The van der Waals surface area contributed by atoms with Crippen LogP contribution in [0.5, 0.6) is 0 Å². The average molecular weight is 196 g/mol. The molecular formula is C10H20N4. The van der Waals surface area contributed by atoms with Gasteiger partial charge in [-0.2, -0.15) is 5.10 Å². The monoisotopic (exact) mass is 196 g/mol. The van der Waals surface area contributed by atoms with E-state index in [0.717, 1.165) is 26.2 Å². The number of hydrogen-bond acceptors (Lipinski definition) is 3. The minimum absolute atomic E-state index is 0.975. The zero-order chi connectivity index (χ0) is 10.2. The van der Waals surface area contributed by atoms with Crippen LogP contribution in [0.25, 0.3) is 0 Å². The van der Waals surface area contributed by atoms with Crippen molar-refractivity contribution in [2.75, 3.05) is 33.7 Å². The molecule has 0 aromatic carbocycles. The maximum Gasteiger partial charge on any atom is 0.0536 e. The van der Waals surface area contributed by atoms with E-state index in [2.05, 4.69) is 22.4 Å². The minimum Gasteiger partial charge on any atom is -0.320 e. The Morgan fingerprint density at radius 2 is 2.29 bits per heavy atom. The van der Waals surface area contributed by atoms with Crippen molar-refractivity contribution in [3.63, 3.8) is 0 Å². The van der Waals surface area contributed by atoms with E-state index < -0.39 is 0 Å². The Kier molecular flexibility index (Phi) is 5.25. The van der Waals surface area contributed by atoms with Gasteiger partial charge in [0, 0.05) is 18.9 Å². The first-order chi connectivity index (χ1) is 6.83. The van der Waals surface area contributed by atoms with Gasteiger partial charge in [0.05, 0.1) is 6.54 Å². The van der Waals surface area contributed by atoms with Crippen molar-refractivity contribution in [2.24, 2.45) is 0 Å². The van der Waals surface area contributed by atoms with E-state index in [1.54, 1.807) is 0 Å². The van der Waals surface area contributed by atoms with Gasteiger partial charge in [-0.3, -0.25) is 4.68 Å². The molecule has 1 rings (SSSR count). The zero-order valence-corrected chi connectivity index (χ0v) is 9.11. The second-order valence-electron chi connectivity index (χ2n) is 3.53. The Morgan fingerprint density at radius 1 is 1.43 bits per heavy atom. The first-order valence-electron chi connectivity index (χ1n) is 5.13. The summed E-state index contributed by atoms with van der Waals surface area (Å²) in [6.45, 7) is 4.27. The van der Waals surface area contributed by atoms with Gasteiger partial charge in [-0.05, 0) is 39.7 Å². The van der Waals surface area contributed by atoms with E-state index in [0.29, 0.717) is 0 Å². The summed E-state index contributed by atoms with van der Waals surface area (Å²) in [5.41, 5.74) is 0. The molecule has 0 saturated carbocycles. The van der Waals surface area contributed by atoms with Crippen molar-refractivity contribution < 1.29 is 0 Å². The van der Waals surface area contributed by atoms with Crippen LogP contribution < -0.4 is 5.32 Å². The fraction of sp³-hybridized carbons (Fsp3) is 0.700. The molecule has 0 aliphatic heterocycles. The third-order valence-corrected chi connectivity index (χ3v) is 2.24. The summed E-state index contributed by atoms with van der Waals surface area (Å²) < 4.78 is 1.97. The molecule has 1 aromatic heterocycles. The van der Waals surface area contributed by atoms with Crippen LogP contribution in [0, 0.1) is 0 Å². The molecule has 4 nitrogen and oxygen atoms in total. The first kappa shape index (κ1) is 11.2. The number of aromatic nitrogens is 2. The predicted octanol–water partition coefficient (Wildman–Crippen LogP) is 0.424. The van der Waals surface area contributed by atoms with Crippen molar-refractivity contribution in [2.45, 2.75) is 13.0 Å². The predicted molar refractivity (Wildman–Crippen MR) is 58.3 cm³/mol. The molecule has 0 radical (unpaired) electrons. The van der Waals surface area contributed by atoms with Gasteiger partial charge >= 0.3 is 0 Å². The summed E-state index contributed by atoms with van der Waals surface area (Å²) in [5, 5.41) is 7.31.